The van der Waals surface area contributed by atoms with Crippen LogP contribution in [0.25, 0.3) is 10.9 Å². The van der Waals surface area contributed by atoms with Crippen molar-refractivity contribution >= 4 is 38.4 Å². The van der Waals surface area contributed by atoms with E-state index in [0.717, 1.165) is 23.5 Å². The van der Waals surface area contributed by atoms with E-state index in [9.17, 15) is 14.9 Å². The Morgan fingerprint density at radius 2 is 2.26 bits per heavy atom. The molecule has 0 bridgehead atoms. The van der Waals surface area contributed by atoms with Crippen molar-refractivity contribution in [3.63, 3.8) is 0 Å². The number of nitrogens with zero attached hydrogens (tertiary/aromatic N) is 2. The number of carbonyl (C=O) groups excluding carboxylic acids is 1. The molecule has 0 radical (unpaired) electrons. The molecule has 1 heterocycles. The molecule has 1 fully saturated rings. The summed E-state index contributed by atoms with van der Waals surface area (Å²) in [6, 6.07) is 5.20. The van der Waals surface area contributed by atoms with Crippen molar-refractivity contribution < 1.29 is 14.5 Å². The van der Waals surface area contributed by atoms with Gasteiger partial charge in [-0.2, -0.15) is 0 Å². The molecule has 0 saturated heterocycles. The summed E-state index contributed by atoms with van der Waals surface area (Å²) in [7, 11) is 0. The number of pyridine rings is 1. The molecule has 0 spiro atoms. The summed E-state index contributed by atoms with van der Waals surface area (Å²) in [5.41, 5.74) is 0.304. The minimum absolute atomic E-state index is 0.0582. The normalized spacial score (nSPS) is 13.8. The predicted octanol–water partition coefficient (Wildman–Crippen LogP) is 2.81. The Morgan fingerprint density at radius 3 is 2.96 bits per heavy atom. The van der Waals surface area contributed by atoms with E-state index in [2.05, 4.69) is 26.2 Å². The number of benzene rings is 1. The van der Waals surface area contributed by atoms with E-state index in [0.29, 0.717) is 23.4 Å². The Bertz CT molecular complexity index is 777. The van der Waals surface area contributed by atoms with Crippen LogP contribution in [0.1, 0.15) is 12.8 Å². The molecule has 120 valence electrons. The van der Waals surface area contributed by atoms with E-state index in [4.69, 9.17) is 4.74 Å². The molecule has 0 atom stereocenters. The van der Waals surface area contributed by atoms with E-state index >= 15 is 0 Å². The zero-order valence-corrected chi connectivity index (χ0v) is 13.7. The Labute approximate surface area is 140 Å². The standard InChI is InChI=1S/C15H14BrN3O4/c16-10-3-4-12-11(5-10)15(13(7-17-12)19(21)22)23-8-14(20)18-6-9-1-2-9/h3-5,7,9H,1-2,6,8H2,(H,18,20). The predicted molar refractivity (Wildman–Crippen MR) is 87.3 cm³/mol. The SMILES string of the molecule is O=C(COc1c([N+](=O)[O-])cnc2ccc(Br)cc12)NCC1CC1. The number of hydrogen-bond acceptors (Lipinski definition) is 5. The minimum Gasteiger partial charge on any atom is -0.476 e. The molecule has 1 N–H and O–H groups in total. The third kappa shape index (κ3) is 3.76. The van der Waals surface area contributed by atoms with Crippen LogP contribution in [0.3, 0.4) is 0 Å². The van der Waals surface area contributed by atoms with E-state index in [-0.39, 0.29) is 24.0 Å². The Balaban J connectivity index is 1.83. The van der Waals surface area contributed by atoms with Crippen LogP contribution in [0, 0.1) is 16.0 Å². The van der Waals surface area contributed by atoms with E-state index in [1.54, 1.807) is 18.2 Å². The van der Waals surface area contributed by atoms with Crippen molar-refractivity contribution in [1.29, 1.82) is 0 Å². The fraction of sp³-hybridized carbons (Fsp3) is 0.333. The molecule has 8 heteroatoms. The van der Waals surface area contributed by atoms with Gasteiger partial charge in [-0.1, -0.05) is 15.9 Å². The zero-order valence-electron chi connectivity index (χ0n) is 12.1. The number of carbonyl (C=O) groups is 1. The third-order valence-corrected chi connectivity index (χ3v) is 4.08. The topological polar surface area (TPSA) is 94.4 Å². The molecule has 2 aromatic rings. The summed E-state index contributed by atoms with van der Waals surface area (Å²) in [6.45, 7) is 0.367. The number of aromatic nitrogens is 1. The molecule has 0 aliphatic heterocycles. The van der Waals surface area contributed by atoms with Gasteiger partial charge in [-0.05, 0) is 37.0 Å². The van der Waals surface area contributed by atoms with Gasteiger partial charge in [-0.15, -0.1) is 0 Å². The Hall–Kier alpha value is -2.22. The monoisotopic (exact) mass is 379 g/mol. The maximum absolute atomic E-state index is 11.8. The van der Waals surface area contributed by atoms with E-state index in [1.165, 1.54) is 0 Å². The second kappa shape index (κ2) is 6.49. The molecular weight excluding hydrogens is 366 g/mol. The summed E-state index contributed by atoms with van der Waals surface area (Å²) >= 11 is 3.32. The smallest absolute Gasteiger partial charge is 0.329 e. The number of amides is 1. The highest BCUT2D eigenvalue weighted by Crippen LogP contribution is 2.35. The molecule has 1 aliphatic carbocycles. The first-order valence-electron chi connectivity index (χ1n) is 7.17. The quantitative estimate of drug-likeness (QED) is 0.614. The van der Waals surface area contributed by atoms with Crippen LogP contribution >= 0.6 is 15.9 Å². The van der Waals surface area contributed by atoms with Crippen molar-refractivity contribution in [3.05, 3.63) is 39.0 Å². The van der Waals surface area contributed by atoms with Gasteiger partial charge in [0.05, 0.1) is 15.8 Å². The van der Waals surface area contributed by atoms with Crippen LogP contribution < -0.4 is 10.1 Å². The highest BCUT2D eigenvalue weighted by atomic mass is 79.9. The molecular formula is C15H14BrN3O4. The van der Waals surface area contributed by atoms with E-state index < -0.39 is 4.92 Å². The van der Waals surface area contributed by atoms with Crippen LogP contribution in [-0.2, 0) is 4.79 Å². The average molecular weight is 380 g/mol. The first-order chi connectivity index (χ1) is 11.0. The molecule has 1 aromatic heterocycles. The largest absolute Gasteiger partial charge is 0.476 e. The van der Waals surface area contributed by atoms with Gasteiger partial charge in [0.25, 0.3) is 5.91 Å². The molecule has 3 rings (SSSR count). The summed E-state index contributed by atoms with van der Waals surface area (Å²) in [5.74, 6) is 0.333. The van der Waals surface area contributed by atoms with Crippen molar-refractivity contribution in [2.45, 2.75) is 12.8 Å². The molecule has 1 saturated carbocycles. The fourth-order valence-electron chi connectivity index (χ4n) is 2.18. The van der Waals surface area contributed by atoms with Crippen molar-refractivity contribution in [2.75, 3.05) is 13.2 Å². The lowest BCUT2D eigenvalue weighted by molar-refractivity contribution is -0.386. The first kappa shape index (κ1) is 15.7. The van der Waals surface area contributed by atoms with Gasteiger partial charge in [-0.3, -0.25) is 14.9 Å². The van der Waals surface area contributed by atoms with Gasteiger partial charge < -0.3 is 10.1 Å². The van der Waals surface area contributed by atoms with Crippen LogP contribution in [-0.4, -0.2) is 29.0 Å². The number of ether oxygens (including phenoxy) is 1. The van der Waals surface area contributed by atoms with Crippen molar-refractivity contribution in [1.82, 2.24) is 10.3 Å². The Morgan fingerprint density at radius 1 is 1.48 bits per heavy atom. The lowest BCUT2D eigenvalue weighted by atomic mass is 10.2. The number of fused-ring (bicyclic) bond motifs is 1. The molecule has 1 aliphatic rings. The summed E-state index contributed by atoms with van der Waals surface area (Å²) in [5, 5.41) is 14.4. The van der Waals surface area contributed by atoms with Gasteiger partial charge in [0.1, 0.15) is 6.20 Å². The molecule has 7 nitrogen and oxygen atoms in total. The van der Waals surface area contributed by atoms with Gasteiger partial charge >= 0.3 is 5.69 Å². The van der Waals surface area contributed by atoms with Gasteiger partial charge in [-0.25, -0.2) is 4.98 Å². The maximum atomic E-state index is 11.8. The lowest BCUT2D eigenvalue weighted by Gasteiger charge is -2.10. The lowest BCUT2D eigenvalue weighted by Crippen LogP contribution is -2.30. The van der Waals surface area contributed by atoms with Crippen molar-refractivity contribution in [2.24, 2.45) is 5.92 Å². The molecule has 0 unspecified atom stereocenters. The average Bonchev–Trinajstić information content (AvgIpc) is 3.34. The van der Waals surface area contributed by atoms with Gasteiger partial charge in [0.2, 0.25) is 5.75 Å². The van der Waals surface area contributed by atoms with Gasteiger partial charge in [0.15, 0.2) is 6.61 Å². The summed E-state index contributed by atoms with van der Waals surface area (Å²) in [6.07, 6.45) is 3.42. The minimum atomic E-state index is -0.565. The maximum Gasteiger partial charge on any atom is 0.329 e. The molecule has 1 aromatic carbocycles. The number of rotatable bonds is 6. The zero-order chi connectivity index (χ0) is 16.4. The van der Waals surface area contributed by atoms with Crippen LogP contribution in [0.2, 0.25) is 0 Å². The van der Waals surface area contributed by atoms with Crippen LogP contribution in [0.4, 0.5) is 5.69 Å². The summed E-state index contributed by atoms with van der Waals surface area (Å²) < 4.78 is 6.21. The number of nitro groups is 1. The number of nitrogens with one attached hydrogen (secondary N) is 1. The number of halogens is 1. The van der Waals surface area contributed by atoms with Crippen LogP contribution in [0.5, 0.6) is 5.75 Å². The second-order valence-corrected chi connectivity index (χ2v) is 6.34. The highest BCUT2D eigenvalue weighted by molar-refractivity contribution is 9.10. The van der Waals surface area contributed by atoms with Crippen molar-refractivity contribution in [3.8, 4) is 5.75 Å². The second-order valence-electron chi connectivity index (χ2n) is 5.43. The third-order valence-electron chi connectivity index (χ3n) is 3.59. The molecule has 1 amide bonds. The Kier molecular flexibility index (Phi) is 4.42. The van der Waals surface area contributed by atoms with Gasteiger partial charge in [0, 0.05) is 11.0 Å². The molecule has 23 heavy (non-hydrogen) atoms. The number of hydrogen-bond donors (Lipinski definition) is 1. The fourth-order valence-corrected chi connectivity index (χ4v) is 2.54. The summed E-state index contributed by atoms with van der Waals surface area (Å²) in [4.78, 5) is 26.5. The first-order valence-corrected chi connectivity index (χ1v) is 7.96. The van der Waals surface area contributed by atoms with E-state index in [1.807, 2.05) is 0 Å². The highest BCUT2D eigenvalue weighted by Gasteiger charge is 2.23. The van der Waals surface area contributed by atoms with Crippen LogP contribution in [0.15, 0.2) is 28.9 Å².